The Morgan fingerprint density at radius 2 is 1.93 bits per heavy atom. The number of hydrogen-bond donors (Lipinski definition) is 1. The first-order valence-electron chi connectivity index (χ1n) is 12.0. The highest BCUT2D eigenvalue weighted by Gasteiger charge is 2.66. The van der Waals surface area contributed by atoms with E-state index in [0.717, 1.165) is 19.3 Å². The van der Waals surface area contributed by atoms with Crippen LogP contribution >= 0.6 is 0 Å². The largest absolute Gasteiger partial charge is 0.469 e. The average Bonchev–Trinajstić information content (AvgIpc) is 3.07. The van der Waals surface area contributed by atoms with E-state index in [1.165, 1.54) is 45.6 Å². The molecule has 4 aliphatic carbocycles. The van der Waals surface area contributed by atoms with Gasteiger partial charge < -0.3 is 9.84 Å². The molecule has 0 bridgehead atoms. The molecule has 4 nitrogen and oxygen atoms in total. The highest BCUT2D eigenvalue weighted by atomic mass is 16.5. The number of rotatable bonds is 4. The van der Waals surface area contributed by atoms with Gasteiger partial charge >= 0.3 is 5.97 Å². The Hall–Kier alpha value is -0.900. The van der Waals surface area contributed by atoms with Crippen LogP contribution in [-0.4, -0.2) is 30.1 Å². The summed E-state index contributed by atoms with van der Waals surface area (Å²) >= 11 is 0. The molecule has 4 heteroatoms. The summed E-state index contributed by atoms with van der Waals surface area (Å²) in [5, 5.41) is 11.4. The summed E-state index contributed by atoms with van der Waals surface area (Å²) in [6.07, 6.45) is 9.97. The summed E-state index contributed by atoms with van der Waals surface area (Å²) in [6.45, 7) is 6.73. The topological polar surface area (TPSA) is 63.6 Å². The number of carbonyl (C=O) groups excluding carboxylic acids is 2. The van der Waals surface area contributed by atoms with Crippen LogP contribution in [0.25, 0.3) is 0 Å². The van der Waals surface area contributed by atoms with E-state index >= 15 is 0 Å². The molecule has 0 saturated heterocycles. The maximum absolute atomic E-state index is 13.8. The van der Waals surface area contributed by atoms with Crippen LogP contribution in [-0.2, 0) is 14.3 Å². The van der Waals surface area contributed by atoms with E-state index in [1.807, 2.05) is 0 Å². The summed E-state index contributed by atoms with van der Waals surface area (Å²) < 4.78 is 4.82. The van der Waals surface area contributed by atoms with Crippen molar-refractivity contribution >= 4 is 11.8 Å². The van der Waals surface area contributed by atoms with Gasteiger partial charge in [0.05, 0.1) is 7.11 Å². The van der Waals surface area contributed by atoms with Gasteiger partial charge in [-0.1, -0.05) is 33.6 Å². The number of ketones is 1. The lowest BCUT2D eigenvalue weighted by Crippen LogP contribution is -2.63. The van der Waals surface area contributed by atoms with Crippen molar-refractivity contribution in [3.63, 3.8) is 0 Å². The van der Waals surface area contributed by atoms with Crippen LogP contribution in [0.3, 0.4) is 0 Å². The zero-order valence-corrected chi connectivity index (χ0v) is 18.8. The number of Topliss-reactive ketones (excluding diaryl/α,β-unsaturated/α-hetero) is 1. The van der Waals surface area contributed by atoms with Crippen LogP contribution in [0.2, 0.25) is 0 Å². The molecule has 164 valence electrons. The van der Waals surface area contributed by atoms with E-state index in [9.17, 15) is 14.7 Å². The second kappa shape index (κ2) is 7.66. The third-order valence-electron chi connectivity index (χ3n) is 10.2. The van der Waals surface area contributed by atoms with E-state index in [1.54, 1.807) is 0 Å². The van der Waals surface area contributed by atoms with Crippen molar-refractivity contribution in [3.05, 3.63) is 0 Å². The Morgan fingerprint density at radius 3 is 2.66 bits per heavy atom. The fraction of sp³-hybridized carbons (Fsp3) is 0.920. The van der Waals surface area contributed by atoms with Crippen molar-refractivity contribution in [3.8, 4) is 0 Å². The standard InChI is InChI=1S/C25H40O4/c1-15(8-13-20(26)29-4)18-11-12-19-17-10-9-16-7-5-6-14-24(16,2)21(17)22(27)23(28)25(18,19)3/h15-19,21-22,27H,5-14H2,1-4H3/t15-,16-,17+,18-,19+,21-,22-,24+,25-/m1/s1. The molecule has 29 heavy (non-hydrogen) atoms. The first-order chi connectivity index (χ1) is 13.7. The Balaban J connectivity index is 1.60. The van der Waals surface area contributed by atoms with Crippen LogP contribution in [0.15, 0.2) is 0 Å². The second-order valence-corrected chi connectivity index (χ2v) is 11.2. The Labute approximate surface area is 176 Å². The van der Waals surface area contributed by atoms with Crippen molar-refractivity contribution in [2.75, 3.05) is 7.11 Å². The first-order valence-corrected chi connectivity index (χ1v) is 12.0. The SMILES string of the molecule is COC(=O)CC[C@@H](C)[C@H]1CC[C@H]2[C@@H]3CC[C@H]4CCCC[C@]4(C)[C@H]3[C@@H](O)C(=O)[C@]12C. The molecule has 0 radical (unpaired) electrons. The lowest BCUT2D eigenvalue weighted by molar-refractivity contribution is -0.184. The molecular weight excluding hydrogens is 364 g/mol. The van der Waals surface area contributed by atoms with Crippen molar-refractivity contribution in [1.82, 2.24) is 0 Å². The molecule has 0 amide bonds. The minimum Gasteiger partial charge on any atom is -0.469 e. The Kier molecular flexibility index (Phi) is 5.63. The van der Waals surface area contributed by atoms with E-state index in [0.29, 0.717) is 30.1 Å². The molecule has 0 aromatic heterocycles. The van der Waals surface area contributed by atoms with Gasteiger partial charge in [0.2, 0.25) is 0 Å². The second-order valence-electron chi connectivity index (χ2n) is 11.2. The van der Waals surface area contributed by atoms with Crippen LogP contribution in [0.5, 0.6) is 0 Å². The molecule has 0 aromatic carbocycles. The fourth-order valence-corrected chi connectivity index (χ4v) is 8.72. The number of carbonyl (C=O) groups is 2. The van der Waals surface area contributed by atoms with Gasteiger partial charge in [0, 0.05) is 17.8 Å². The molecule has 9 atom stereocenters. The third-order valence-corrected chi connectivity index (χ3v) is 10.2. The normalized spacial score (nSPS) is 47.7. The summed E-state index contributed by atoms with van der Waals surface area (Å²) in [5.74, 6) is 2.20. The Morgan fingerprint density at radius 1 is 1.17 bits per heavy atom. The quantitative estimate of drug-likeness (QED) is 0.685. The molecule has 4 rings (SSSR count). The van der Waals surface area contributed by atoms with E-state index in [2.05, 4.69) is 20.8 Å². The van der Waals surface area contributed by atoms with Crippen LogP contribution in [0.4, 0.5) is 0 Å². The maximum atomic E-state index is 13.8. The smallest absolute Gasteiger partial charge is 0.305 e. The Bertz CT molecular complexity index is 659. The number of hydrogen-bond acceptors (Lipinski definition) is 4. The molecular formula is C25H40O4. The number of aliphatic hydroxyl groups is 1. The van der Waals surface area contributed by atoms with Crippen molar-refractivity contribution in [2.24, 2.45) is 46.3 Å². The zero-order valence-electron chi connectivity index (χ0n) is 18.8. The number of ether oxygens (including phenoxy) is 1. The molecule has 0 spiro atoms. The number of methoxy groups -OCH3 is 1. The predicted molar refractivity (Wildman–Crippen MR) is 112 cm³/mol. The summed E-state index contributed by atoms with van der Waals surface area (Å²) in [4.78, 5) is 25.4. The molecule has 0 aliphatic heterocycles. The van der Waals surface area contributed by atoms with Gasteiger partial charge in [-0.05, 0) is 80.0 Å². The summed E-state index contributed by atoms with van der Waals surface area (Å²) in [7, 11) is 1.43. The van der Waals surface area contributed by atoms with Gasteiger partial charge in [0.15, 0.2) is 5.78 Å². The van der Waals surface area contributed by atoms with Gasteiger partial charge in [-0.3, -0.25) is 9.59 Å². The zero-order chi connectivity index (χ0) is 21.0. The molecule has 0 aromatic rings. The van der Waals surface area contributed by atoms with E-state index in [4.69, 9.17) is 4.74 Å². The summed E-state index contributed by atoms with van der Waals surface area (Å²) in [6, 6.07) is 0. The minimum atomic E-state index is -0.805. The third kappa shape index (κ3) is 3.11. The van der Waals surface area contributed by atoms with Crippen molar-refractivity contribution < 1.29 is 19.4 Å². The van der Waals surface area contributed by atoms with Gasteiger partial charge in [0.25, 0.3) is 0 Å². The summed E-state index contributed by atoms with van der Waals surface area (Å²) in [5.41, 5.74) is -0.305. The van der Waals surface area contributed by atoms with Crippen LogP contribution < -0.4 is 0 Å². The van der Waals surface area contributed by atoms with Crippen LogP contribution in [0.1, 0.15) is 85.0 Å². The minimum absolute atomic E-state index is 0.114. The highest BCUT2D eigenvalue weighted by Crippen LogP contribution is 2.67. The average molecular weight is 405 g/mol. The monoisotopic (exact) mass is 404 g/mol. The van der Waals surface area contributed by atoms with Crippen molar-refractivity contribution in [1.29, 1.82) is 0 Å². The number of esters is 1. The molecule has 1 N–H and O–H groups in total. The lowest BCUT2D eigenvalue weighted by Gasteiger charge is -2.61. The molecule has 4 saturated carbocycles. The van der Waals surface area contributed by atoms with E-state index in [-0.39, 0.29) is 29.0 Å². The molecule has 0 unspecified atom stereocenters. The highest BCUT2D eigenvalue weighted by molar-refractivity contribution is 5.91. The van der Waals surface area contributed by atoms with Gasteiger partial charge in [0.1, 0.15) is 6.10 Å². The van der Waals surface area contributed by atoms with Crippen molar-refractivity contribution in [2.45, 2.75) is 91.1 Å². The lowest BCUT2D eigenvalue weighted by atomic mass is 9.43. The van der Waals surface area contributed by atoms with E-state index < -0.39 is 11.5 Å². The van der Waals surface area contributed by atoms with Gasteiger partial charge in [-0.25, -0.2) is 0 Å². The molecule has 4 fully saturated rings. The molecule has 0 heterocycles. The van der Waals surface area contributed by atoms with Gasteiger partial charge in [-0.15, -0.1) is 0 Å². The number of fused-ring (bicyclic) bond motifs is 5. The fourth-order valence-electron chi connectivity index (χ4n) is 8.72. The number of aliphatic hydroxyl groups excluding tert-OH is 1. The maximum Gasteiger partial charge on any atom is 0.305 e. The van der Waals surface area contributed by atoms with Crippen LogP contribution in [0, 0.1) is 46.3 Å². The predicted octanol–water partition coefficient (Wildman–Crippen LogP) is 4.77. The van der Waals surface area contributed by atoms with Gasteiger partial charge in [-0.2, -0.15) is 0 Å². The first kappa shape index (κ1) is 21.3. The molecule has 4 aliphatic rings.